The van der Waals surface area contributed by atoms with Crippen molar-refractivity contribution in [1.82, 2.24) is 4.98 Å². The van der Waals surface area contributed by atoms with Crippen LogP contribution in [0.3, 0.4) is 0 Å². The van der Waals surface area contributed by atoms with Gasteiger partial charge in [-0.15, -0.1) is 0 Å². The van der Waals surface area contributed by atoms with E-state index in [0.717, 1.165) is 27.6 Å². The van der Waals surface area contributed by atoms with Crippen molar-refractivity contribution in [1.29, 1.82) is 5.26 Å². The molecule has 0 spiro atoms. The summed E-state index contributed by atoms with van der Waals surface area (Å²) in [4.78, 5) is 15.1. The van der Waals surface area contributed by atoms with Crippen molar-refractivity contribution in [3.63, 3.8) is 0 Å². The van der Waals surface area contributed by atoms with Gasteiger partial charge in [-0.05, 0) is 60.5 Å². The standard InChI is InChI=1S/C23H24N2O3/c1-5-16-10-17-6-7-18(11-21(17)25-22(16)26)23(2,14-24)13-15-8-19(27-3)12-20(9-15)28-4/h6-12H,5,13H2,1-4H3,(H,25,26). The lowest BCUT2D eigenvalue weighted by Crippen LogP contribution is -2.23. The molecule has 1 N–H and O–H groups in total. The summed E-state index contributed by atoms with van der Waals surface area (Å²) in [6.07, 6.45) is 1.17. The third kappa shape index (κ3) is 3.72. The molecule has 1 atom stereocenters. The maximum Gasteiger partial charge on any atom is 0.251 e. The van der Waals surface area contributed by atoms with Crippen LogP contribution in [0.5, 0.6) is 11.5 Å². The van der Waals surface area contributed by atoms with Gasteiger partial charge in [-0.1, -0.05) is 19.1 Å². The molecule has 0 aliphatic heterocycles. The largest absolute Gasteiger partial charge is 0.497 e. The number of benzene rings is 2. The second-order valence-corrected chi connectivity index (χ2v) is 7.12. The normalized spacial score (nSPS) is 13.0. The van der Waals surface area contributed by atoms with Gasteiger partial charge in [-0.3, -0.25) is 4.79 Å². The Morgan fingerprint density at radius 2 is 1.75 bits per heavy atom. The van der Waals surface area contributed by atoms with Gasteiger partial charge in [0.1, 0.15) is 11.5 Å². The minimum absolute atomic E-state index is 0.0802. The summed E-state index contributed by atoms with van der Waals surface area (Å²) < 4.78 is 10.7. The van der Waals surface area contributed by atoms with Crippen molar-refractivity contribution in [3.8, 4) is 17.6 Å². The van der Waals surface area contributed by atoms with Crippen LogP contribution in [0.4, 0.5) is 0 Å². The van der Waals surface area contributed by atoms with Gasteiger partial charge >= 0.3 is 0 Å². The molecular formula is C23H24N2O3. The van der Waals surface area contributed by atoms with E-state index in [0.29, 0.717) is 24.3 Å². The monoisotopic (exact) mass is 376 g/mol. The van der Waals surface area contributed by atoms with Crippen molar-refractivity contribution >= 4 is 10.9 Å². The van der Waals surface area contributed by atoms with E-state index in [1.165, 1.54) is 0 Å². The SMILES string of the molecule is CCc1cc2ccc(C(C)(C#N)Cc3cc(OC)cc(OC)c3)cc2[nH]c1=O. The number of nitrogens with one attached hydrogen (secondary N) is 1. The average Bonchev–Trinajstić information content (AvgIpc) is 2.72. The lowest BCUT2D eigenvalue weighted by molar-refractivity contribution is 0.393. The van der Waals surface area contributed by atoms with Gasteiger partial charge in [-0.2, -0.15) is 5.26 Å². The number of aryl methyl sites for hydroxylation is 1. The number of ether oxygens (including phenoxy) is 2. The summed E-state index contributed by atoms with van der Waals surface area (Å²) in [6, 6.07) is 15.8. The minimum atomic E-state index is -0.772. The molecule has 0 amide bonds. The van der Waals surface area contributed by atoms with Crippen LogP contribution in [0, 0.1) is 11.3 Å². The number of hydrogen-bond acceptors (Lipinski definition) is 4. The van der Waals surface area contributed by atoms with Gasteiger partial charge in [-0.25, -0.2) is 0 Å². The van der Waals surface area contributed by atoms with E-state index in [2.05, 4.69) is 11.1 Å². The molecule has 5 nitrogen and oxygen atoms in total. The van der Waals surface area contributed by atoms with Crippen molar-refractivity contribution in [3.05, 3.63) is 69.5 Å². The van der Waals surface area contributed by atoms with E-state index in [4.69, 9.17) is 9.47 Å². The van der Waals surface area contributed by atoms with Crippen LogP contribution < -0.4 is 15.0 Å². The number of H-pyrrole nitrogens is 1. The van der Waals surface area contributed by atoms with Crippen molar-refractivity contribution < 1.29 is 9.47 Å². The van der Waals surface area contributed by atoms with E-state index in [1.54, 1.807) is 20.3 Å². The Labute approximate surface area is 164 Å². The van der Waals surface area contributed by atoms with Crippen LogP contribution >= 0.6 is 0 Å². The molecule has 0 fully saturated rings. The first kappa shape index (κ1) is 19.5. The van der Waals surface area contributed by atoms with Crippen LogP contribution in [0.15, 0.2) is 47.3 Å². The summed E-state index contributed by atoms with van der Waals surface area (Å²) in [5.41, 5.74) is 2.44. The van der Waals surface area contributed by atoms with E-state index >= 15 is 0 Å². The maximum atomic E-state index is 12.2. The molecule has 1 unspecified atom stereocenters. The summed E-state index contributed by atoms with van der Waals surface area (Å²) in [5, 5.41) is 10.9. The van der Waals surface area contributed by atoms with E-state index in [-0.39, 0.29) is 5.56 Å². The summed E-state index contributed by atoms with van der Waals surface area (Å²) in [7, 11) is 3.21. The smallest absolute Gasteiger partial charge is 0.251 e. The molecule has 144 valence electrons. The third-order valence-corrected chi connectivity index (χ3v) is 5.16. The first-order valence-electron chi connectivity index (χ1n) is 9.22. The predicted molar refractivity (Wildman–Crippen MR) is 110 cm³/mol. The highest BCUT2D eigenvalue weighted by Crippen LogP contribution is 2.32. The molecular weight excluding hydrogens is 352 g/mol. The van der Waals surface area contributed by atoms with Crippen LogP contribution in [0.25, 0.3) is 10.9 Å². The number of nitriles is 1. The Morgan fingerprint density at radius 1 is 1.07 bits per heavy atom. The Balaban J connectivity index is 2.04. The van der Waals surface area contributed by atoms with Crippen LogP contribution in [-0.4, -0.2) is 19.2 Å². The fourth-order valence-corrected chi connectivity index (χ4v) is 3.43. The molecule has 2 aromatic carbocycles. The number of aromatic amines is 1. The van der Waals surface area contributed by atoms with Crippen LogP contribution in [-0.2, 0) is 18.3 Å². The molecule has 0 saturated heterocycles. The van der Waals surface area contributed by atoms with Gasteiger partial charge in [0.05, 0.1) is 25.7 Å². The second-order valence-electron chi connectivity index (χ2n) is 7.12. The molecule has 28 heavy (non-hydrogen) atoms. The first-order chi connectivity index (χ1) is 13.4. The Morgan fingerprint density at radius 3 is 2.32 bits per heavy atom. The highest BCUT2D eigenvalue weighted by atomic mass is 16.5. The fraction of sp³-hybridized carbons (Fsp3) is 0.304. The molecule has 3 aromatic rings. The van der Waals surface area contributed by atoms with Crippen LogP contribution in [0.2, 0.25) is 0 Å². The molecule has 0 bridgehead atoms. The highest BCUT2D eigenvalue weighted by molar-refractivity contribution is 5.80. The molecule has 0 radical (unpaired) electrons. The second kappa shape index (κ2) is 7.77. The fourth-order valence-electron chi connectivity index (χ4n) is 3.43. The number of hydrogen-bond donors (Lipinski definition) is 1. The molecule has 3 rings (SSSR count). The number of methoxy groups -OCH3 is 2. The number of fused-ring (bicyclic) bond motifs is 1. The summed E-state index contributed by atoms with van der Waals surface area (Å²) >= 11 is 0. The van der Waals surface area contributed by atoms with Crippen molar-refractivity contribution in [2.75, 3.05) is 14.2 Å². The molecule has 0 aliphatic carbocycles. The van der Waals surface area contributed by atoms with Gasteiger partial charge in [0, 0.05) is 17.1 Å². The maximum absolute atomic E-state index is 12.2. The summed E-state index contributed by atoms with van der Waals surface area (Å²) in [5.74, 6) is 1.37. The van der Waals surface area contributed by atoms with Gasteiger partial charge in [0.2, 0.25) is 0 Å². The highest BCUT2D eigenvalue weighted by Gasteiger charge is 2.28. The van der Waals surface area contributed by atoms with E-state index in [1.807, 2.05) is 50.2 Å². The van der Waals surface area contributed by atoms with Gasteiger partial charge < -0.3 is 14.5 Å². The van der Waals surface area contributed by atoms with Crippen molar-refractivity contribution in [2.45, 2.75) is 32.1 Å². The summed E-state index contributed by atoms with van der Waals surface area (Å²) in [6.45, 7) is 3.86. The zero-order valence-corrected chi connectivity index (χ0v) is 16.6. The zero-order chi connectivity index (χ0) is 20.3. The first-order valence-corrected chi connectivity index (χ1v) is 9.22. The Hall–Kier alpha value is -3.26. The minimum Gasteiger partial charge on any atom is -0.497 e. The molecule has 0 saturated carbocycles. The topological polar surface area (TPSA) is 75.1 Å². The zero-order valence-electron chi connectivity index (χ0n) is 16.6. The quantitative estimate of drug-likeness (QED) is 0.702. The Bertz CT molecular complexity index is 1090. The van der Waals surface area contributed by atoms with Gasteiger partial charge in [0.15, 0.2) is 0 Å². The van der Waals surface area contributed by atoms with Gasteiger partial charge in [0.25, 0.3) is 5.56 Å². The number of nitrogens with zero attached hydrogens (tertiary/aromatic N) is 1. The molecule has 0 aliphatic rings. The van der Waals surface area contributed by atoms with Crippen LogP contribution in [0.1, 0.15) is 30.5 Å². The molecule has 5 heteroatoms. The molecule has 1 heterocycles. The van der Waals surface area contributed by atoms with Crippen molar-refractivity contribution in [2.24, 2.45) is 0 Å². The number of rotatable bonds is 6. The molecule has 1 aromatic heterocycles. The lowest BCUT2D eigenvalue weighted by Gasteiger charge is -2.23. The Kier molecular flexibility index (Phi) is 5.41. The number of pyridine rings is 1. The third-order valence-electron chi connectivity index (χ3n) is 5.16. The predicted octanol–water partition coefficient (Wildman–Crippen LogP) is 4.13. The number of aromatic nitrogens is 1. The lowest BCUT2D eigenvalue weighted by atomic mass is 9.78. The van der Waals surface area contributed by atoms with E-state index < -0.39 is 5.41 Å². The average molecular weight is 376 g/mol. The van der Waals surface area contributed by atoms with E-state index in [9.17, 15) is 10.1 Å².